The first kappa shape index (κ1) is 17.9. The number of hydrogen-bond acceptors (Lipinski definition) is 3. The van der Waals surface area contributed by atoms with Crippen LogP contribution >= 0.6 is 34.2 Å². The lowest BCUT2D eigenvalue weighted by atomic mass is 10.1. The van der Waals surface area contributed by atoms with Crippen molar-refractivity contribution in [2.75, 3.05) is 10.2 Å². The van der Waals surface area contributed by atoms with Crippen molar-refractivity contribution in [2.45, 2.75) is 20.3 Å². The van der Waals surface area contributed by atoms with E-state index in [0.717, 1.165) is 25.3 Å². The summed E-state index contributed by atoms with van der Waals surface area (Å²) in [6.07, 6.45) is 0.712. The monoisotopic (exact) mass is 466 g/mol. The maximum absolute atomic E-state index is 12.9. The van der Waals surface area contributed by atoms with Gasteiger partial charge >= 0.3 is 0 Å². The summed E-state index contributed by atoms with van der Waals surface area (Å²) in [6, 6.07) is 13.1. The molecule has 0 saturated carbocycles. The zero-order chi connectivity index (χ0) is 18.1. The van der Waals surface area contributed by atoms with Gasteiger partial charge in [0, 0.05) is 9.26 Å². The van der Waals surface area contributed by atoms with Crippen LogP contribution in [0.15, 0.2) is 53.2 Å². The third-order valence-corrected chi connectivity index (χ3v) is 5.11. The molecule has 0 saturated heterocycles. The number of para-hydroxylation sites is 1. The number of carbonyl (C=O) groups is 2. The number of hydrogen-bond donors (Lipinski definition) is 1. The highest BCUT2D eigenvalue weighted by molar-refractivity contribution is 14.1. The summed E-state index contributed by atoms with van der Waals surface area (Å²) in [6.45, 7) is 3.91. The van der Waals surface area contributed by atoms with Gasteiger partial charge in [0.25, 0.3) is 11.8 Å². The van der Waals surface area contributed by atoms with Gasteiger partial charge in [0.1, 0.15) is 10.7 Å². The number of halogens is 2. The summed E-state index contributed by atoms with van der Waals surface area (Å²) < 4.78 is 1.09. The van der Waals surface area contributed by atoms with E-state index in [-0.39, 0.29) is 10.7 Å². The molecular weight excluding hydrogens is 451 g/mol. The molecule has 0 radical (unpaired) electrons. The molecule has 3 rings (SSSR count). The number of carbonyl (C=O) groups excluding carboxylic acids is 2. The minimum atomic E-state index is -0.502. The van der Waals surface area contributed by atoms with Crippen molar-refractivity contribution < 1.29 is 9.59 Å². The lowest BCUT2D eigenvalue weighted by molar-refractivity contribution is -0.120. The second kappa shape index (κ2) is 7.17. The molecule has 6 heteroatoms. The number of anilines is 2. The largest absolute Gasteiger partial charge is 0.349 e. The first-order valence-electron chi connectivity index (χ1n) is 7.83. The van der Waals surface area contributed by atoms with Crippen molar-refractivity contribution in [3.63, 3.8) is 0 Å². The van der Waals surface area contributed by atoms with E-state index in [1.165, 1.54) is 0 Å². The third kappa shape index (κ3) is 3.30. The van der Waals surface area contributed by atoms with Crippen LogP contribution < -0.4 is 10.2 Å². The number of imide groups is 1. The highest BCUT2D eigenvalue weighted by Gasteiger charge is 2.39. The molecule has 1 heterocycles. The minimum absolute atomic E-state index is 0.0890. The predicted molar refractivity (Wildman–Crippen MR) is 109 cm³/mol. The standard InChI is InChI=1S/C19H16ClIN2O2/c1-3-12-6-4-5-7-15(12)23-18(24)16(20)17(19(23)25)22-14-9-8-13(21)10-11(14)2/h4-10,22H,3H2,1-2H3. The Labute approximate surface area is 165 Å². The van der Waals surface area contributed by atoms with Crippen LogP contribution in [0.1, 0.15) is 18.1 Å². The normalized spacial score (nSPS) is 14.5. The first-order valence-corrected chi connectivity index (χ1v) is 9.29. The number of nitrogens with one attached hydrogen (secondary N) is 1. The Balaban J connectivity index is 1.97. The lowest BCUT2D eigenvalue weighted by Gasteiger charge is -2.18. The summed E-state index contributed by atoms with van der Waals surface area (Å²) in [5, 5.41) is 2.95. The molecule has 0 fully saturated rings. The van der Waals surface area contributed by atoms with E-state index < -0.39 is 11.8 Å². The summed E-state index contributed by atoms with van der Waals surface area (Å²) in [4.78, 5) is 26.6. The Morgan fingerprint density at radius 2 is 1.84 bits per heavy atom. The Morgan fingerprint density at radius 1 is 1.12 bits per heavy atom. The van der Waals surface area contributed by atoms with Crippen LogP contribution in [-0.2, 0) is 16.0 Å². The SMILES string of the molecule is CCc1ccccc1N1C(=O)C(Cl)=C(Nc2ccc(I)cc2C)C1=O. The fourth-order valence-electron chi connectivity index (χ4n) is 2.76. The predicted octanol–water partition coefficient (Wildman–Crippen LogP) is 4.60. The quantitative estimate of drug-likeness (QED) is 0.529. The molecule has 4 nitrogen and oxygen atoms in total. The van der Waals surface area contributed by atoms with Crippen LogP contribution in [0.2, 0.25) is 0 Å². The first-order chi connectivity index (χ1) is 11.9. The molecule has 0 aromatic heterocycles. The molecule has 0 unspecified atom stereocenters. The lowest BCUT2D eigenvalue weighted by Crippen LogP contribution is -2.33. The zero-order valence-electron chi connectivity index (χ0n) is 13.8. The Hall–Kier alpha value is -1.86. The van der Waals surface area contributed by atoms with E-state index in [9.17, 15) is 9.59 Å². The Kier molecular flexibility index (Phi) is 5.15. The molecule has 2 aromatic rings. The van der Waals surface area contributed by atoms with Gasteiger partial charge in [-0.3, -0.25) is 9.59 Å². The van der Waals surface area contributed by atoms with Crippen molar-refractivity contribution in [1.82, 2.24) is 0 Å². The second-order valence-corrected chi connectivity index (χ2v) is 7.32. The van der Waals surface area contributed by atoms with Crippen LogP contribution in [0.4, 0.5) is 11.4 Å². The summed E-state index contributed by atoms with van der Waals surface area (Å²) in [5.41, 5.74) is 3.33. The minimum Gasteiger partial charge on any atom is -0.349 e. The molecule has 128 valence electrons. The molecule has 0 aliphatic carbocycles. The van der Waals surface area contributed by atoms with Crippen molar-refractivity contribution in [1.29, 1.82) is 0 Å². The van der Waals surface area contributed by atoms with Crippen LogP contribution in [-0.4, -0.2) is 11.8 Å². The van der Waals surface area contributed by atoms with E-state index in [2.05, 4.69) is 27.9 Å². The molecule has 0 atom stereocenters. The molecule has 25 heavy (non-hydrogen) atoms. The summed E-state index contributed by atoms with van der Waals surface area (Å²) in [5.74, 6) is -0.938. The average Bonchev–Trinajstić information content (AvgIpc) is 2.80. The molecule has 1 aliphatic rings. The van der Waals surface area contributed by atoms with Gasteiger partial charge < -0.3 is 5.32 Å². The van der Waals surface area contributed by atoms with Crippen molar-refractivity contribution >= 4 is 57.4 Å². The highest BCUT2D eigenvalue weighted by Crippen LogP contribution is 2.33. The highest BCUT2D eigenvalue weighted by atomic mass is 127. The van der Waals surface area contributed by atoms with Gasteiger partial charge in [-0.25, -0.2) is 4.90 Å². The van der Waals surface area contributed by atoms with Crippen molar-refractivity contribution in [2.24, 2.45) is 0 Å². The average molecular weight is 467 g/mol. The molecule has 0 bridgehead atoms. The molecule has 1 N–H and O–H groups in total. The number of nitrogens with zero attached hydrogens (tertiary/aromatic N) is 1. The smallest absolute Gasteiger partial charge is 0.283 e. The maximum Gasteiger partial charge on any atom is 0.283 e. The molecule has 0 spiro atoms. The van der Waals surface area contributed by atoms with Crippen LogP contribution in [0, 0.1) is 10.5 Å². The van der Waals surface area contributed by atoms with Crippen LogP contribution in [0.25, 0.3) is 0 Å². The number of aryl methyl sites for hydroxylation is 2. The molecule has 1 aliphatic heterocycles. The van der Waals surface area contributed by atoms with E-state index in [0.29, 0.717) is 12.1 Å². The van der Waals surface area contributed by atoms with Gasteiger partial charge in [0.2, 0.25) is 0 Å². The third-order valence-electron chi connectivity index (χ3n) is 4.09. The van der Waals surface area contributed by atoms with Gasteiger partial charge in [-0.1, -0.05) is 36.7 Å². The fraction of sp³-hybridized carbons (Fsp3) is 0.158. The van der Waals surface area contributed by atoms with Crippen LogP contribution in [0.5, 0.6) is 0 Å². The summed E-state index contributed by atoms with van der Waals surface area (Å²) >= 11 is 8.42. The van der Waals surface area contributed by atoms with Crippen LogP contribution in [0.3, 0.4) is 0 Å². The Morgan fingerprint density at radius 3 is 2.52 bits per heavy atom. The molecular formula is C19H16ClIN2O2. The van der Waals surface area contributed by atoms with Gasteiger partial charge in [-0.15, -0.1) is 0 Å². The van der Waals surface area contributed by atoms with Gasteiger partial charge in [0.15, 0.2) is 0 Å². The zero-order valence-corrected chi connectivity index (χ0v) is 16.7. The topological polar surface area (TPSA) is 49.4 Å². The van der Waals surface area contributed by atoms with Gasteiger partial charge in [-0.05, 0) is 71.3 Å². The molecule has 2 aromatic carbocycles. The Bertz CT molecular complexity index is 908. The number of amides is 2. The van der Waals surface area contributed by atoms with Crippen molar-refractivity contribution in [3.05, 3.63) is 67.9 Å². The second-order valence-electron chi connectivity index (χ2n) is 5.70. The van der Waals surface area contributed by atoms with Gasteiger partial charge in [-0.2, -0.15) is 0 Å². The number of benzene rings is 2. The number of rotatable bonds is 4. The van der Waals surface area contributed by atoms with Gasteiger partial charge in [0.05, 0.1) is 5.69 Å². The van der Waals surface area contributed by atoms with Crippen molar-refractivity contribution in [3.8, 4) is 0 Å². The summed E-state index contributed by atoms with van der Waals surface area (Å²) in [7, 11) is 0. The maximum atomic E-state index is 12.9. The van der Waals surface area contributed by atoms with E-state index >= 15 is 0 Å². The van der Waals surface area contributed by atoms with E-state index in [1.54, 1.807) is 12.1 Å². The molecule has 2 amide bonds. The fourth-order valence-corrected chi connectivity index (χ4v) is 3.62. The van der Waals surface area contributed by atoms with E-state index in [1.807, 2.05) is 44.2 Å². The van der Waals surface area contributed by atoms with E-state index in [4.69, 9.17) is 11.6 Å².